The van der Waals surface area contributed by atoms with E-state index in [9.17, 15) is 4.79 Å². The van der Waals surface area contributed by atoms with Crippen molar-refractivity contribution in [1.29, 1.82) is 0 Å². The molecule has 1 nitrogen and oxygen atoms in total. The van der Waals surface area contributed by atoms with E-state index >= 15 is 0 Å². The minimum Gasteiger partial charge on any atom is -0.299 e. The lowest BCUT2D eigenvalue weighted by Crippen LogP contribution is -2.38. The summed E-state index contributed by atoms with van der Waals surface area (Å²) >= 11 is 1.93. The van der Waals surface area contributed by atoms with Crippen molar-refractivity contribution in [2.45, 2.75) is 71.8 Å². The van der Waals surface area contributed by atoms with E-state index in [0.717, 1.165) is 6.42 Å². The van der Waals surface area contributed by atoms with E-state index in [4.69, 9.17) is 0 Å². The lowest BCUT2D eigenvalue weighted by atomic mass is 9.80. The van der Waals surface area contributed by atoms with E-state index in [-0.39, 0.29) is 16.6 Å². The van der Waals surface area contributed by atoms with Crippen LogP contribution in [0, 0.1) is 17.8 Å². The zero-order valence-corrected chi connectivity index (χ0v) is 13.6. The van der Waals surface area contributed by atoms with Gasteiger partial charge in [-0.15, -0.1) is 0 Å². The van der Waals surface area contributed by atoms with Gasteiger partial charge >= 0.3 is 0 Å². The van der Waals surface area contributed by atoms with Crippen LogP contribution in [-0.4, -0.2) is 15.8 Å². The first-order chi connectivity index (χ1) is 7.58. The molecule has 0 heterocycles. The van der Waals surface area contributed by atoms with E-state index in [0.29, 0.717) is 17.0 Å². The minimum atomic E-state index is 0.0415. The summed E-state index contributed by atoms with van der Waals surface area (Å²) in [5, 5.41) is 0.569. The predicted octanol–water partition coefficient (Wildman–Crippen LogP) is 4.79. The molecule has 1 atom stereocenters. The highest BCUT2D eigenvalue weighted by molar-refractivity contribution is 8.01. The normalized spacial score (nSPS) is 14.8. The van der Waals surface area contributed by atoms with Crippen LogP contribution in [0.4, 0.5) is 0 Å². The molecule has 0 amide bonds. The van der Waals surface area contributed by atoms with Crippen LogP contribution in [0.15, 0.2) is 0 Å². The largest absolute Gasteiger partial charge is 0.299 e. The highest BCUT2D eigenvalue weighted by atomic mass is 32.2. The maximum Gasteiger partial charge on any atom is 0.139 e. The van der Waals surface area contributed by atoms with E-state index in [2.05, 4.69) is 41.5 Å². The number of hydrogen-bond acceptors (Lipinski definition) is 2. The Morgan fingerprint density at radius 1 is 1.06 bits per heavy atom. The number of ketones is 1. The van der Waals surface area contributed by atoms with Crippen molar-refractivity contribution in [3.8, 4) is 0 Å². The predicted molar refractivity (Wildman–Crippen MR) is 79.6 cm³/mol. The summed E-state index contributed by atoms with van der Waals surface area (Å²) in [6, 6.07) is 0. The Balaban J connectivity index is 4.95. The Bertz CT molecular complexity index is 241. The monoisotopic (exact) mass is 258 g/mol. The van der Waals surface area contributed by atoms with Gasteiger partial charge in [-0.25, -0.2) is 0 Å². The van der Waals surface area contributed by atoms with Crippen molar-refractivity contribution in [2.75, 3.05) is 0 Å². The van der Waals surface area contributed by atoms with Crippen LogP contribution in [-0.2, 0) is 4.79 Å². The number of carbonyl (C=O) groups is 1. The van der Waals surface area contributed by atoms with Crippen LogP contribution in [0.1, 0.15) is 61.8 Å². The fourth-order valence-electron chi connectivity index (χ4n) is 2.31. The van der Waals surface area contributed by atoms with E-state index < -0.39 is 0 Å². The first-order valence-electron chi connectivity index (χ1n) is 6.79. The Morgan fingerprint density at radius 3 is 1.82 bits per heavy atom. The molecular formula is C15H30OS. The molecule has 0 aliphatic carbocycles. The number of carbonyl (C=O) groups excluding carboxylic acids is 1. The summed E-state index contributed by atoms with van der Waals surface area (Å²) in [7, 11) is 0. The molecule has 102 valence electrons. The van der Waals surface area contributed by atoms with Crippen molar-refractivity contribution in [3.05, 3.63) is 0 Å². The highest BCUT2D eigenvalue weighted by Gasteiger charge is 2.37. The number of rotatable bonds is 7. The third-order valence-electron chi connectivity index (χ3n) is 3.00. The Hall–Kier alpha value is 0.0200. The second-order valence-corrected chi connectivity index (χ2v) is 8.74. The van der Waals surface area contributed by atoms with Gasteiger partial charge in [0.1, 0.15) is 5.78 Å². The van der Waals surface area contributed by atoms with Crippen molar-refractivity contribution in [1.82, 2.24) is 0 Å². The van der Waals surface area contributed by atoms with Crippen LogP contribution >= 0.6 is 11.8 Å². The molecule has 0 N–H and O–H groups in total. The molecule has 0 spiro atoms. The Kier molecular flexibility index (Phi) is 6.83. The minimum absolute atomic E-state index is 0.0415. The quantitative estimate of drug-likeness (QED) is 0.653. The van der Waals surface area contributed by atoms with Gasteiger partial charge in [0.05, 0.1) is 0 Å². The van der Waals surface area contributed by atoms with Crippen molar-refractivity contribution >= 4 is 17.5 Å². The summed E-state index contributed by atoms with van der Waals surface area (Å²) in [5.74, 6) is 1.33. The SMILES string of the molecule is CC(C)CC(C(=O)C(C)C)C(C)(C)SC(C)C. The van der Waals surface area contributed by atoms with Gasteiger partial charge in [-0.3, -0.25) is 4.79 Å². The summed E-state index contributed by atoms with van der Waals surface area (Å²) in [5.41, 5.74) is 0. The summed E-state index contributed by atoms with van der Waals surface area (Å²) in [6.07, 6.45) is 1.00. The van der Waals surface area contributed by atoms with Gasteiger partial charge in [0.15, 0.2) is 0 Å². The maximum atomic E-state index is 12.4. The van der Waals surface area contributed by atoms with E-state index in [1.807, 2.05) is 25.6 Å². The Labute approximate surface area is 112 Å². The van der Waals surface area contributed by atoms with E-state index in [1.165, 1.54) is 0 Å². The molecule has 2 heteroatoms. The molecule has 0 rings (SSSR count). The van der Waals surface area contributed by atoms with E-state index in [1.54, 1.807) is 0 Å². The summed E-state index contributed by atoms with van der Waals surface area (Å²) in [6.45, 7) is 17.3. The van der Waals surface area contributed by atoms with Crippen molar-refractivity contribution in [3.63, 3.8) is 0 Å². The smallest absolute Gasteiger partial charge is 0.139 e. The van der Waals surface area contributed by atoms with Gasteiger partial charge in [0.2, 0.25) is 0 Å². The van der Waals surface area contributed by atoms with Crippen molar-refractivity contribution < 1.29 is 4.79 Å². The molecule has 0 aromatic rings. The fourth-order valence-corrected chi connectivity index (χ4v) is 3.90. The summed E-state index contributed by atoms with van der Waals surface area (Å²) in [4.78, 5) is 12.4. The molecule has 0 aliphatic rings. The van der Waals surface area contributed by atoms with Crippen LogP contribution < -0.4 is 0 Å². The van der Waals surface area contributed by atoms with Crippen LogP contribution in [0.3, 0.4) is 0 Å². The maximum absolute atomic E-state index is 12.4. The van der Waals surface area contributed by atoms with Gasteiger partial charge in [-0.1, -0.05) is 41.5 Å². The van der Waals surface area contributed by atoms with Gasteiger partial charge in [0, 0.05) is 16.6 Å². The molecular weight excluding hydrogens is 228 g/mol. The molecule has 0 aliphatic heterocycles. The molecule has 0 aromatic heterocycles. The molecule has 17 heavy (non-hydrogen) atoms. The zero-order chi connectivity index (χ0) is 13.8. The average Bonchev–Trinajstić information content (AvgIpc) is 2.10. The molecule has 0 radical (unpaired) electrons. The van der Waals surface area contributed by atoms with Crippen LogP contribution in [0.2, 0.25) is 0 Å². The fraction of sp³-hybridized carbons (Fsp3) is 0.933. The van der Waals surface area contributed by atoms with Gasteiger partial charge in [-0.05, 0) is 31.4 Å². The number of Topliss-reactive ketones (excluding diaryl/α,β-unsaturated/α-hetero) is 1. The number of hydrogen-bond donors (Lipinski definition) is 0. The lowest BCUT2D eigenvalue weighted by Gasteiger charge is -2.36. The Morgan fingerprint density at radius 2 is 1.53 bits per heavy atom. The van der Waals surface area contributed by atoms with Gasteiger partial charge < -0.3 is 0 Å². The van der Waals surface area contributed by atoms with Gasteiger partial charge in [-0.2, -0.15) is 11.8 Å². The third-order valence-corrected chi connectivity index (χ3v) is 4.36. The first kappa shape index (κ1) is 17.0. The molecule has 0 saturated heterocycles. The van der Waals surface area contributed by atoms with Gasteiger partial charge in [0.25, 0.3) is 0 Å². The molecule has 0 saturated carbocycles. The standard InChI is InChI=1S/C15H30OS/c1-10(2)9-13(14(16)11(3)4)15(7,8)17-12(5)6/h10-13H,9H2,1-8H3. The molecule has 0 bridgehead atoms. The van der Waals surface area contributed by atoms with Crippen LogP contribution in [0.5, 0.6) is 0 Å². The molecule has 0 fully saturated rings. The second-order valence-electron chi connectivity index (χ2n) is 6.51. The van der Waals surface area contributed by atoms with Crippen LogP contribution in [0.25, 0.3) is 0 Å². The second kappa shape index (κ2) is 6.82. The first-order valence-corrected chi connectivity index (χ1v) is 7.67. The summed E-state index contributed by atoms with van der Waals surface area (Å²) < 4.78 is 0.0415. The average molecular weight is 258 g/mol. The lowest BCUT2D eigenvalue weighted by molar-refractivity contribution is -0.127. The third kappa shape index (κ3) is 5.94. The zero-order valence-electron chi connectivity index (χ0n) is 12.8. The molecule has 0 aromatic carbocycles. The number of thioether (sulfide) groups is 1. The highest BCUT2D eigenvalue weighted by Crippen LogP contribution is 2.40. The van der Waals surface area contributed by atoms with Crippen molar-refractivity contribution in [2.24, 2.45) is 17.8 Å². The topological polar surface area (TPSA) is 17.1 Å². The molecule has 1 unspecified atom stereocenters.